The van der Waals surface area contributed by atoms with Crippen molar-refractivity contribution in [2.75, 3.05) is 32.8 Å². The van der Waals surface area contributed by atoms with Gasteiger partial charge in [0.15, 0.2) is 0 Å². The van der Waals surface area contributed by atoms with E-state index >= 15 is 0 Å². The van der Waals surface area contributed by atoms with Crippen LogP contribution >= 0.6 is 11.6 Å². The third kappa shape index (κ3) is 5.45. The third-order valence-electron chi connectivity index (χ3n) is 5.68. The van der Waals surface area contributed by atoms with Crippen molar-refractivity contribution in [3.8, 4) is 0 Å². The molecule has 5 nitrogen and oxygen atoms in total. The van der Waals surface area contributed by atoms with E-state index in [1.165, 1.54) is 5.56 Å². The molecule has 2 fully saturated rings. The molecule has 0 unspecified atom stereocenters. The van der Waals surface area contributed by atoms with Crippen LogP contribution in [0.3, 0.4) is 0 Å². The second-order valence-electron chi connectivity index (χ2n) is 7.53. The topological polar surface area (TPSA) is 49.9 Å². The van der Waals surface area contributed by atoms with Gasteiger partial charge in [-0.2, -0.15) is 0 Å². The van der Waals surface area contributed by atoms with Crippen LogP contribution in [0.2, 0.25) is 5.02 Å². The van der Waals surface area contributed by atoms with Gasteiger partial charge in [0, 0.05) is 30.6 Å². The molecule has 1 aromatic carbocycles. The van der Waals surface area contributed by atoms with Crippen molar-refractivity contribution in [3.63, 3.8) is 0 Å². The maximum absolute atomic E-state index is 12.8. The van der Waals surface area contributed by atoms with Gasteiger partial charge in [0.05, 0.1) is 12.5 Å². The quantitative estimate of drug-likeness (QED) is 0.721. The average molecular weight is 393 g/mol. The monoisotopic (exact) mass is 392 g/mol. The molecule has 3 rings (SSSR count). The minimum absolute atomic E-state index is 0.0461. The first-order chi connectivity index (χ1) is 13.1. The second kappa shape index (κ2) is 9.56. The average Bonchev–Trinajstić information content (AvgIpc) is 2.70. The molecule has 0 N–H and O–H groups in total. The Kier molecular flexibility index (Phi) is 7.13. The van der Waals surface area contributed by atoms with E-state index in [-0.39, 0.29) is 23.7 Å². The highest BCUT2D eigenvalue weighted by Gasteiger charge is 2.32. The summed E-state index contributed by atoms with van der Waals surface area (Å²) in [7, 11) is 0. The first-order valence-corrected chi connectivity index (χ1v) is 10.4. The first-order valence-electron chi connectivity index (χ1n) is 9.99. The number of carbonyl (C=O) groups is 2. The molecule has 148 valence electrons. The number of halogens is 1. The molecule has 2 saturated heterocycles. The summed E-state index contributed by atoms with van der Waals surface area (Å²) in [5.74, 6) is 0.226. The standard InChI is InChI=1S/C21H29ClN2O3/c1-2-27-21(26)18-9-13-24(14-10-18)20(25)17-7-11-23(12-8-17)15-16-3-5-19(22)6-4-16/h3-6,17-18H,2,7-15H2,1H3. The van der Waals surface area contributed by atoms with E-state index in [9.17, 15) is 9.59 Å². The first kappa shape index (κ1) is 20.2. The number of likely N-dealkylation sites (tertiary alicyclic amines) is 2. The van der Waals surface area contributed by atoms with Gasteiger partial charge in [-0.3, -0.25) is 14.5 Å². The summed E-state index contributed by atoms with van der Waals surface area (Å²) in [4.78, 5) is 29.0. The fourth-order valence-electron chi connectivity index (χ4n) is 4.04. The Morgan fingerprint density at radius 1 is 1.00 bits per heavy atom. The van der Waals surface area contributed by atoms with Gasteiger partial charge in [0.25, 0.3) is 0 Å². The summed E-state index contributed by atoms with van der Waals surface area (Å²) in [6, 6.07) is 7.97. The van der Waals surface area contributed by atoms with Gasteiger partial charge in [-0.05, 0) is 63.4 Å². The Balaban J connectivity index is 1.42. The van der Waals surface area contributed by atoms with Crippen molar-refractivity contribution < 1.29 is 14.3 Å². The van der Waals surface area contributed by atoms with E-state index in [0.717, 1.165) is 50.3 Å². The van der Waals surface area contributed by atoms with Crippen molar-refractivity contribution in [2.45, 2.75) is 39.2 Å². The predicted molar refractivity (Wildman–Crippen MR) is 105 cm³/mol. The number of hydrogen-bond donors (Lipinski definition) is 0. The number of hydrogen-bond acceptors (Lipinski definition) is 4. The van der Waals surface area contributed by atoms with E-state index in [0.29, 0.717) is 19.7 Å². The van der Waals surface area contributed by atoms with E-state index in [2.05, 4.69) is 17.0 Å². The zero-order valence-corrected chi connectivity index (χ0v) is 16.8. The van der Waals surface area contributed by atoms with Crippen LogP contribution < -0.4 is 0 Å². The maximum Gasteiger partial charge on any atom is 0.309 e. The number of ether oxygens (including phenoxy) is 1. The van der Waals surface area contributed by atoms with Crippen LogP contribution in [-0.2, 0) is 20.9 Å². The van der Waals surface area contributed by atoms with Gasteiger partial charge in [-0.1, -0.05) is 23.7 Å². The zero-order valence-electron chi connectivity index (χ0n) is 16.0. The number of rotatable bonds is 5. The predicted octanol–water partition coefficient (Wildman–Crippen LogP) is 3.35. The summed E-state index contributed by atoms with van der Waals surface area (Å²) in [5.41, 5.74) is 1.25. The van der Waals surface area contributed by atoms with Crippen molar-refractivity contribution in [3.05, 3.63) is 34.9 Å². The Hall–Kier alpha value is -1.59. The van der Waals surface area contributed by atoms with Crippen LogP contribution in [-0.4, -0.2) is 54.5 Å². The minimum Gasteiger partial charge on any atom is -0.466 e. The number of piperidine rings is 2. The molecule has 2 heterocycles. The molecule has 0 aromatic heterocycles. The summed E-state index contributed by atoms with van der Waals surface area (Å²) in [6.07, 6.45) is 3.26. The molecule has 0 atom stereocenters. The second-order valence-corrected chi connectivity index (χ2v) is 7.96. The van der Waals surface area contributed by atoms with Crippen molar-refractivity contribution >= 4 is 23.5 Å². The van der Waals surface area contributed by atoms with Crippen molar-refractivity contribution in [2.24, 2.45) is 11.8 Å². The smallest absolute Gasteiger partial charge is 0.309 e. The van der Waals surface area contributed by atoms with Crippen LogP contribution in [0.5, 0.6) is 0 Å². The largest absolute Gasteiger partial charge is 0.466 e. The Labute approximate surface area is 166 Å². The highest BCUT2D eigenvalue weighted by molar-refractivity contribution is 6.30. The lowest BCUT2D eigenvalue weighted by Crippen LogP contribution is -2.46. The number of amides is 1. The van der Waals surface area contributed by atoms with Crippen LogP contribution in [0, 0.1) is 11.8 Å². The van der Waals surface area contributed by atoms with Crippen molar-refractivity contribution in [1.82, 2.24) is 9.80 Å². The Morgan fingerprint density at radius 3 is 2.19 bits per heavy atom. The molecule has 1 amide bonds. The van der Waals surface area contributed by atoms with Crippen LogP contribution in [0.25, 0.3) is 0 Å². The van der Waals surface area contributed by atoms with Crippen LogP contribution in [0.1, 0.15) is 38.2 Å². The fourth-order valence-corrected chi connectivity index (χ4v) is 4.17. The molecule has 0 aliphatic carbocycles. The van der Waals surface area contributed by atoms with Gasteiger partial charge < -0.3 is 9.64 Å². The van der Waals surface area contributed by atoms with Crippen LogP contribution in [0.4, 0.5) is 0 Å². The van der Waals surface area contributed by atoms with E-state index in [1.54, 1.807) is 0 Å². The number of nitrogens with zero attached hydrogens (tertiary/aromatic N) is 2. The fraction of sp³-hybridized carbons (Fsp3) is 0.619. The molecule has 2 aliphatic heterocycles. The lowest BCUT2D eigenvalue weighted by Gasteiger charge is -2.36. The van der Waals surface area contributed by atoms with Gasteiger partial charge in [-0.25, -0.2) is 0 Å². The number of benzene rings is 1. The van der Waals surface area contributed by atoms with Gasteiger partial charge in [0.1, 0.15) is 0 Å². The lowest BCUT2D eigenvalue weighted by atomic mass is 9.92. The summed E-state index contributed by atoms with van der Waals surface area (Å²) >= 11 is 5.94. The third-order valence-corrected chi connectivity index (χ3v) is 5.93. The minimum atomic E-state index is -0.111. The molecular weight excluding hydrogens is 364 g/mol. The van der Waals surface area contributed by atoms with Crippen molar-refractivity contribution in [1.29, 1.82) is 0 Å². The van der Waals surface area contributed by atoms with E-state index < -0.39 is 0 Å². The molecule has 27 heavy (non-hydrogen) atoms. The van der Waals surface area contributed by atoms with Gasteiger partial charge >= 0.3 is 5.97 Å². The molecular formula is C21H29ClN2O3. The van der Waals surface area contributed by atoms with Gasteiger partial charge in [-0.15, -0.1) is 0 Å². The highest BCUT2D eigenvalue weighted by atomic mass is 35.5. The molecule has 0 saturated carbocycles. The summed E-state index contributed by atoms with van der Waals surface area (Å²) in [5, 5.41) is 0.759. The molecule has 6 heteroatoms. The number of esters is 1. The van der Waals surface area contributed by atoms with E-state index in [1.807, 2.05) is 24.0 Å². The Bertz CT molecular complexity index is 633. The molecule has 0 radical (unpaired) electrons. The van der Waals surface area contributed by atoms with E-state index in [4.69, 9.17) is 16.3 Å². The zero-order chi connectivity index (χ0) is 19.2. The molecule has 2 aliphatic rings. The Morgan fingerprint density at radius 2 is 1.59 bits per heavy atom. The summed E-state index contributed by atoms with van der Waals surface area (Å²) < 4.78 is 5.11. The molecule has 0 bridgehead atoms. The van der Waals surface area contributed by atoms with Crippen LogP contribution in [0.15, 0.2) is 24.3 Å². The maximum atomic E-state index is 12.8. The SMILES string of the molecule is CCOC(=O)C1CCN(C(=O)C2CCN(Cc3ccc(Cl)cc3)CC2)CC1. The van der Waals surface area contributed by atoms with Gasteiger partial charge in [0.2, 0.25) is 5.91 Å². The lowest BCUT2D eigenvalue weighted by molar-refractivity contribution is -0.152. The normalized spacial score (nSPS) is 19.9. The molecule has 0 spiro atoms. The molecule has 1 aromatic rings. The summed E-state index contributed by atoms with van der Waals surface area (Å²) in [6.45, 7) is 6.39. The number of carbonyl (C=O) groups excluding carboxylic acids is 2. The highest BCUT2D eigenvalue weighted by Crippen LogP contribution is 2.25.